The van der Waals surface area contributed by atoms with Crippen molar-refractivity contribution in [1.29, 1.82) is 0 Å². The van der Waals surface area contributed by atoms with Crippen LogP contribution in [-0.4, -0.2) is 6.54 Å². The van der Waals surface area contributed by atoms with E-state index in [0.29, 0.717) is 6.04 Å². The lowest BCUT2D eigenvalue weighted by Gasteiger charge is -2.15. The first kappa shape index (κ1) is 16.8. The molecule has 2 aromatic carbocycles. The zero-order valence-electron chi connectivity index (χ0n) is 14.0. The molecule has 1 atom stereocenters. The van der Waals surface area contributed by atoms with Crippen LogP contribution in [0, 0.1) is 0 Å². The Morgan fingerprint density at radius 3 is 2.64 bits per heavy atom. The molecule has 0 bridgehead atoms. The number of benzene rings is 2. The topological polar surface area (TPSA) is 12.0 Å². The van der Waals surface area contributed by atoms with Gasteiger partial charge in [-0.2, -0.15) is 0 Å². The maximum absolute atomic E-state index is 3.61. The number of fused-ring (bicyclic) bond motifs is 1. The zero-order valence-corrected chi connectivity index (χ0v) is 14.0. The van der Waals surface area contributed by atoms with E-state index in [-0.39, 0.29) is 0 Å². The molecule has 1 N–H and O–H groups in total. The van der Waals surface area contributed by atoms with Gasteiger partial charge in [0, 0.05) is 12.6 Å². The van der Waals surface area contributed by atoms with Gasteiger partial charge in [-0.1, -0.05) is 80.8 Å². The van der Waals surface area contributed by atoms with Crippen LogP contribution in [0.15, 0.2) is 54.6 Å². The molecule has 1 nitrogen and oxygen atoms in total. The third kappa shape index (κ3) is 4.99. The number of hydrogen-bond donors (Lipinski definition) is 1. The number of allylic oxidation sites excluding steroid dienone is 1. The van der Waals surface area contributed by atoms with Gasteiger partial charge in [0.15, 0.2) is 0 Å². The van der Waals surface area contributed by atoms with Gasteiger partial charge in [0.25, 0.3) is 0 Å². The molecule has 22 heavy (non-hydrogen) atoms. The molecule has 0 aliphatic carbocycles. The Balaban J connectivity index is 1.82. The van der Waals surface area contributed by atoms with Crippen LogP contribution < -0.4 is 5.32 Å². The predicted molar refractivity (Wildman–Crippen MR) is 98.3 cm³/mol. The summed E-state index contributed by atoms with van der Waals surface area (Å²) in [6, 6.07) is 15.6. The molecular weight excluding hydrogens is 266 g/mol. The van der Waals surface area contributed by atoms with Gasteiger partial charge in [0.05, 0.1) is 0 Å². The molecule has 0 heterocycles. The maximum Gasteiger partial charge on any atom is 0.0300 e. The van der Waals surface area contributed by atoms with E-state index < -0.39 is 0 Å². The molecule has 0 aliphatic rings. The van der Waals surface area contributed by atoms with E-state index >= 15 is 0 Å². The van der Waals surface area contributed by atoms with Crippen molar-refractivity contribution in [2.45, 2.75) is 52.0 Å². The summed E-state index contributed by atoms with van der Waals surface area (Å²) < 4.78 is 0. The second-order valence-corrected chi connectivity index (χ2v) is 6.02. The fraction of sp³-hybridized carbons (Fsp3) is 0.429. The lowest BCUT2D eigenvalue weighted by Crippen LogP contribution is -2.18. The van der Waals surface area contributed by atoms with Crippen LogP contribution in [-0.2, 0) is 0 Å². The first-order valence-corrected chi connectivity index (χ1v) is 8.69. The molecule has 0 spiro atoms. The minimum absolute atomic E-state index is 0.371. The minimum atomic E-state index is 0.371. The van der Waals surface area contributed by atoms with Gasteiger partial charge in [0.2, 0.25) is 0 Å². The molecular formula is C21H29N. The normalized spacial score (nSPS) is 13.0. The van der Waals surface area contributed by atoms with E-state index in [1.54, 1.807) is 0 Å². The standard InChI is InChI=1S/C21H29N/c1-3-4-5-6-7-8-11-17-22-18(2)20-16-12-14-19-13-9-10-15-21(19)20/h8-16,18,22H,3-7,17H2,1-2H3/t18-/m1/s1. The highest BCUT2D eigenvalue weighted by Crippen LogP contribution is 2.23. The van der Waals surface area contributed by atoms with E-state index in [9.17, 15) is 0 Å². The van der Waals surface area contributed by atoms with E-state index in [1.165, 1.54) is 48.4 Å². The molecule has 0 fully saturated rings. The molecule has 0 saturated carbocycles. The maximum atomic E-state index is 3.61. The zero-order chi connectivity index (χ0) is 15.6. The molecule has 0 unspecified atom stereocenters. The van der Waals surface area contributed by atoms with Crippen molar-refractivity contribution in [1.82, 2.24) is 5.32 Å². The molecule has 0 amide bonds. The minimum Gasteiger partial charge on any atom is -0.307 e. The van der Waals surface area contributed by atoms with E-state index in [2.05, 4.69) is 73.8 Å². The van der Waals surface area contributed by atoms with Crippen LogP contribution in [0.1, 0.15) is 57.6 Å². The molecule has 0 saturated heterocycles. The average Bonchev–Trinajstić information content (AvgIpc) is 2.56. The lowest BCUT2D eigenvalue weighted by atomic mass is 10.00. The number of nitrogens with one attached hydrogen (secondary N) is 1. The van der Waals surface area contributed by atoms with Gasteiger partial charge in [-0.3, -0.25) is 0 Å². The predicted octanol–water partition coefficient (Wildman–Crippen LogP) is 6.02. The first-order chi connectivity index (χ1) is 10.8. The van der Waals surface area contributed by atoms with Crippen LogP contribution in [0.2, 0.25) is 0 Å². The van der Waals surface area contributed by atoms with Crippen LogP contribution in [0.25, 0.3) is 10.8 Å². The average molecular weight is 295 g/mol. The molecule has 0 radical (unpaired) electrons. The molecule has 1 heteroatoms. The molecule has 0 aromatic heterocycles. The Morgan fingerprint density at radius 1 is 0.955 bits per heavy atom. The molecule has 2 aromatic rings. The monoisotopic (exact) mass is 295 g/mol. The first-order valence-electron chi connectivity index (χ1n) is 8.69. The van der Waals surface area contributed by atoms with Crippen molar-refractivity contribution in [3.63, 3.8) is 0 Å². The highest BCUT2D eigenvalue weighted by molar-refractivity contribution is 5.86. The Bertz CT molecular complexity index is 580. The van der Waals surface area contributed by atoms with E-state index in [4.69, 9.17) is 0 Å². The second-order valence-electron chi connectivity index (χ2n) is 6.02. The van der Waals surface area contributed by atoms with Gasteiger partial charge in [-0.05, 0) is 36.1 Å². The van der Waals surface area contributed by atoms with Crippen LogP contribution in [0.3, 0.4) is 0 Å². The highest BCUT2D eigenvalue weighted by Gasteiger charge is 2.07. The summed E-state index contributed by atoms with van der Waals surface area (Å²) in [5.41, 5.74) is 1.38. The largest absolute Gasteiger partial charge is 0.307 e. The number of unbranched alkanes of at least 4 members (excludes halogenated alkanes) is 4. The van der Waals surface area contributed by atoms with Gasteiger partial charge in [-0.15, -0.1) is 0 Å². The van der Waals surface area contributed by atoms with Crippen molar-refractivity contribution < 1.29 is 0 Å². The lowest BCUT2D eigenvalue weighted by molar-refractivity contribution is 0.619. The Kier molecular flexibility index (Phi) is 7.18. The van der Waals surface area contributed by atoms with Gasteiger partial charge < -0.3 is 5.32 Å². The third-order valence-corrected chi connectivity index (χ3v) is 4.22. The van der Waals surface area contributed by atoms with Crippen molar-refractivity contribution >= 4 is 10.8 Å². The fourth-order valence-electron chi connectivity index (χ4n) is 2.87. The summed E-state index contributed by atoms with van der Waals surface area (Å²) in [4.78, 5) is 0. The SMILES string of the molecule is CCCCCCC=CCN[C@H](C)c1cccc2ccccc12. The third-order valence-electron chi connectivity index (χ3n) is 4.22. The van der Waals surface area contributed by atoms with Crippen molar-refractivity contribution in [2.24, 2.45) is 0 Å². The van der Waals surface area contributed by atoms with Gasteiger partial charge in [-0.25, -0.2) is 0 Å². The van der Waals surface area contributed by atoms with E-state index in [1.807, 2.05) is 0 Å². The van der Waals surface area contributed by atoms with Crippen molar-refractivity contribution in [3.05, 3.63) is 60.2 Å². The Labute approximate surface area is 135 Å². The van der Waals surface area contributed by atoms with Crippen LogP contribution >= 0.6 is 0 Å². The van der Waals surface area contributed by atoms with Crippen LogP contribution in [0.5, 0.6) is 0 Å². The molecule has 2 rings (SSSR count). The quantitative estimate of drug-likeness (QED) is 0.441. The Morgan fingerprint density at radius 2 is 1.77 bits per heavy atom. The summed E-state index contributed by atoms with van der Waals surface area (Å²) in [6.07, 6.45) is 11.2. The van der Waals surface area contributed by atoms with Gasteiger partial charge in [0.1, 0.15) is 0 Å². The van der Waals surface area contributed by atoms with Crippen LogP contribution in [0.4, 0.5) is 0 Å². The van der Waals surface area contributed by atoms with Crippen molar-refractivity contribution in [3.8, 4) is 0 Å². The molecule has 118 valence electrons. The fourth-order valence-corrected chi connectivity index (χ4v) is 2.87. The number of hydrogen-bond acceptors (Lipinski definition) is 1. The summed E-state index contributed by atoms with van der Waals surface area (Å²) in [7, 11) is 0. The second kappa shape index (κ2) is 9.42. The smallest absolute Gasteiger partial charge is 0.0300 e. The summed E-state index contributed by atoms with van der Waals surface area (Å²) in [5.74, 6) is 0. The van der Waals surface area contributed by atoms with Gasteiger partial charge >= 0.3 is 0 Å². The van der Waals surface area contributed by atoms with Crippen molar-refractivity contribution in [2.75, 3.05) is 6.54 Å². The highest BCUT2D eigenvalue weighted by atomic mass is 14.9. The van der Waals surface area contributed by atoms with E-state index in [0.717, 1.165) is 6.54 Å². The summed E-state index contributed by atoms with van der Waals surface area (Å²) >= 11 is 0. The summed E-state index contributed by atoms with van der Waals surface area (Å²) in [6.45, 7) is 5.45. The Hall–Kier alpha value is -1.60. The molecule has 0 aliphatic heterocycles. The number of rotatable bonds is 9. The summed E-state index contributed by atoms with van der Waals surface area (Å²) in [5, 5.41) is 6.28.